The Morgan fingerprint density at radius 3 is 3.00 bits per heavy atom. The quantitative estimate of drug-likeness (QED) is 0.879. The molecule has 0 unspecified atom stereocenters. The van der Waals surface area contributed by atoms with Crippen LogP contribution in [0.2, 0.25) is 0 Å². The van der Waals surface area contributed by atoms with E-state index in [4.69, 9.17) is 0 Å². The second-order valence-electron chi connectivity index (χ2n) is 5.33. The van der Waals surface area contributed by atoms with Gasteiger partial charge in [-0.15, -0.1) is 11.3 Å². The molecular weight excluding hydrogens is 273 g/mol. The average Bonchev–Trinajstić information content (AvgIpc) is 2.84. The van der Waals surface area contributed by atoms with Crippen molar-refractivity contribution in [3.63, 3.8) is 0 Å². The molecule has 3 rings (SSSR count). The van der Waals surface area contributed by atoms with Crippen molar-refractivity contribution in [2.45, 2.75) is 26.2 Å². The maximum Gasteiger partial charge on any atom is 0.256 e. The van der Waals surface area contributed by atoms with Gasteiger partial charge in [-0.05, 0) is 42.9 Å². The summed E-state index contributed by atoms with van der Waals surface area (Å²) in [4.78, 5) is 13.6. The Hall–Kier alpha value is -1.68. The van der Waals surface area contributed by atoms with Crippen molar-refractivity contribution in [2.24, 2.45) is 5.92 Å². The van der Waals surface area contributed by atoms with Crippen LogP contribution in [0.4, 0.5) is 10.1 Å². The molecule has 0 spiro atoms. The van der Waals surface area contributed by atoms with Gasteiger partial charge in [0.1, 0.15) is 5.82 Å². The van der Waals surface area contributed by atoms with Crippen LogP contribution in [0.25, 0.3) is 0 Å². The van der Waals surface area contributed by atoms with E-state index in [1.54, 1.807) is 29.5 Å². The Balaban J connectivity index is 1.84. The van der Waals surface area contributed by atoms with Gasteiger partial charge in [-0.2, -0.15) is 0 Å². The average molecular weight is 289 g/mol. The topological polar surface area (TPSA) is 29.1 Å². The summed E-state index contributed by atoms with van der Waals surface area (Å²) in [5.41, 5.74) is 2.10. The minimum Gasteiger partial charge on any atom is -0.319 e. The van der Waals surface area contributed by atoms with Gasteiger partial charge in [0.2, 0.25) is 0 Å². The highest BCUT2D eigenvalue weighted by molar-refractivity contribution is 7.10. The minimum atomic E-state index is -0.404. The molecule has 0 fully saturated rings. The molecule has 1 atom stereocenters. The monoisotopic (exact) mass is 289 g/mol. The molecule has 0 radical (unpaired) electrons. The van der Waals surface area contributed by atoms with E-state index in [1.165, 1.54) is 10.9 Å². The number of benzene rings is 1. The number of thiophene rings is 1. The van der Waals surface area contributed by atoms with Crippen LogP contribution < -0.4 is 5.32 Å². The van der Waals surface area contributed by atoms with E-state index in [2.05, 4.69) is 12.2 Å². The molecule has 4 heteroatoms. The number of hydrogen-bond donors (Lipinski definition) is 1. The van der Waals surface area contributed by atoms with Gasteiger partial charge in [0.05, 0.1) is 11.3 Å². The van der Waals surface area contributed by atoms with Crippen LogP contribution in [0.3, 0.4) is 0 Å². The number of amides is 1. The smallest absolute Gasteiger partial charge is 0.256 e. The first-order chi connectivity index (χ1) is 9.65. The fraction of sp³-hybridized carbons (Fsp3) is 0.312. The fourth-order valence-corrected chi connectivity index (χ4v) is 3.86. The number of halogens is 1. The second-order valence-corrected chi connectivity index (χ2v) is 6.30. The van der Waals surface area contributed by atoms with Gasteiger partial charge in [0.15, 0.2) is 0 Å². The summed E-state index contributed by atoms with van der Waals surface area (Å²) in [6, 6.07) is 6.25. The second kappa shape index (κ2) is 5.37. The Kier molecular flexibility index (Phi) is 3.57. The van der Waals surface area contributed by atoms with Crippen molar-refractivity contribution >= 4 is 22.9 Å². The first kappa shape index (κ1) is 13.3. The number of rotatable bonds is 2. The summed E-state index contributed by atoms with van der Waals surface area (Å²) in [5.74, 6) is 0.0735. The molecule has 0 saturated heterocycles. The highest BCUT2D eigenvalue weighted by Gasteiger charge is 2.23. The molecule has 20 heavy (non-hydrogen) atoms. The molecule has 0 aliphatic heterocycles. The molecule has 1 N–H and O–H groups in total. The highest BCUT2D eigenvalue weighted by Crippen LogP contribution is 2.33. The van der Waals surface area contributed by atoms with Gasteiger partial charge < -0.3 is 5.32 Å². The lowest BCUT2D eigenvalue weighted by molar-refractivity contribution is 0.102. The number of para-hydroxylation sites is 1. The largest absolute Gasteiger partial charge is 0.319 e. The molecule has 1 heterocycles. The first-order valence-corrected chi connectivity index (χ1v) is 7.68. The summed E-state index contributed by atoms with van der Waals surface area (Å²) in [5, 5.41) is 4.57. The molecule has 1 aromatic carbocycles. The SMILES string of the molecule is C[C@@H]1CCc2c(C(=O)Nc3ccccc3F)csc2C1. The van der Waals surface area contributed by atoms with Gasteiger partial charge in [-0.25, -0.2) is 4.39 Å². The summed E-state index contributed by atoms with van der Waals surface area (Å²) >= 11 is 1.64. The van der Waals surface area contributed by atoms with Crippen LogP contribution in [-0.2, 0) is 12.8 Å². The van der Waals surface area contributed by atoms with Crippen molar-refractivity contribution in [1.29, 1.82) is 0 Å². The molecule has 0 bridgehead atoms. The van der Waals surface area contributed by atoms with E-state index in [0.29, 0.717) is 11.5 Å². The minimum absolute atomic E-state index is 0.206. The van der Waals surface area contributed by atoms with Crippen LogP contribution in [0.1, 0.15) is 34.1 Å². The zero-order chi connectivity index (χ0) is 14.1. The van der Waals surface area contributed by atoms with Gasteiger partial charge >= 0.3 is 0 Å². The van der Waals surface area contributed by atoms with E-state index in [0.717, 1.165) is 24.8 Å². The zero-order valence-electron chi connectivity index (χ0n) is 11.3. The first-order valence-electron chi connectivity index (χ1n) is 6.80. The van der Waals surface area contributed by atoms with Crippen molar-refractivity contribution in [3.8, 4) is 0 Å². The van der Waals surface area contributed by atoms with Crippen LogP contribution in [0, 0.1) is 11.7 Å². The highest BCUT2D eigenvalue weighted by atomic mass is 32.1. The van der Waals surface area contributed by atoms with Gasteiger partial charge in [-0.1, -0.05) is 19.1 Å². The fourth-order valence-electron chi connectivity index (χ4n) is 2.62. The van der Waals surface area contributed by atoms with Crippen molar-refractivity contribution in [3.05, 3.63) is 51.5 Å². The van der Waals surface area contributed by atoms with E-state index in [-0.39, 0.29) is 11.6 Å². The Bertz CT molecular complexity index is 650. The number of hydrogen-bond acceptors (Lipinski definition) is 2. The number of fused-ring (bicyclic) bond motifs is 1. The van der Waals surface area contributed by atoms with Gasteiger partial charge in [0.25, 0.3) is 5.91 Å². The van der Waals surface area contributed by atoms with Crippen LogP contribution >= 0.6 is 11.3 Å². The maximum absolute atomic E-state index is 13.6. The predicted molar refractivity (Wildman–Crippen MR) is 79.9 cm³/mol. The third kappa shape index (κ3) is 2.48. The van der Waals surface area contributed by atoms with E-state index in [1.807, 2.05) is 5.38 Å². The summed E-state index contributed by atoms with van der Waals surface area (Å²) in [6.07, 6.45) is 3.11. The molecule has 2 nitrogen and oxygen atoms in total. The molecule has 1 aliphatic carbocycles. The van der Waals surface area contributed by atoms with Gasteiger partial charge in [0, 0.05) is 10.3 Å². The van der Waals surface area contributed by atoms with Crippen molar-refractivity contribution in [1.82, 2.24) is 0 Å². The number of carbonyl (C=O) groups is 1. The lowest BCUT2D eigenvalue weighted by Crippen LogP contribution is -2.17. The molecule has 1 aromatic heterocycles. The molecule has 1 amide bonds. The lowest BCUT2D eigenvalue weighted by atomic mass is 9.88. The van der Waals surface area contributed by atoms with Crippen LogP contribution in [-0.4, -0.2) is 5.91 Å². The maximum atomic E-state index is 13.6. The third-order valence-electron chi connectivity index (χ3n) is 3.77. The van der Waals surface area contributed by atoms with E-state index < -0.39 is 5.82 Å². The van der Waals surface area contributed by atoms with Crippen LogP contribution in [0.5, 0.6) is 0 Å². The van der Waals surface area contributed by atoms with Crippen molar-refractivity contribution in [2.75, 3.05) is 5.32 Å². The van der Waals surface area contributed by atoms with E-state index in [9.17, 15) is 9.18 Å². The summed E-state index contributed by atoms with van der Waals surface area (Å²) < 4.78 is 13.6. The molecule has 0 saturated carbocycles. The number of anilines is 1. The van der Waals surface area contributed by atoms with E-state index >= 15 is 0 Å². The Morgan fingerprint density at radius 2 is 2.20 bits per heavy atom. The number of nitrogens with one attached hydrogen (secondary N) is 1. The molecule has 104 valence electrons. The predicted octanol–water partition coefficient (Wildman–Crippen LogP) is 4.26. The normalized spacial score (nSPS) is 17.6. The van der Waals surface area contributed by atoms with Gasteiger partial charge in [-0.3, -0.25) is 4.79 Å². The molecule has 2 aromatic rings. The Labute approximate surface area is 121 Å². The summed E-state index contributed by atoms with van der Waals surface area (Å²) in [6.45, 7) is 2.24. The van der Waals surface area contributed by atoms with Crippen LogP contribution in [0.15, 0.2) is 29.6 Å². The Morgan fingerprint density at radius 1 is 1.40 bits per heavy atom. The lowest BCUT2D eigenvalue weighted by Gasteiger charge is -2.18. The number of carbonyl (C=O) groups excluding carboxylic acids is 1. The van der Waals surface area contributed by atoms with Crippen molar-refractivity contribution < 1.29 is 9.18 Å². The molecule has 1 aliphatic rings. The summed E-state index contributed by atoms with van der Waals surface area (Å²) in [7, 11) is 0. The third-order valence-corrected chi connectivity index (χ3v) is 4.82. The zero-order valence-corrected chi connectivity index (χ0v) is 12.1. The molecular formula is C16H16FNOS. The standard InChI is InChI=1S/C16H16FNOS/c1-10-6-7-11-12(9-20-15(11)8-10)16(19)18-14-5-3-2-4-13(14)17/h2-5,9-10H,6-8H2,1H3,(H,18,19)/t10-/m1/s1.